The average molecular weight is 372 g/mol. The Morgan fingerprint density at radius 3 is 2.76 bits per heavy atom. The molecule has 0 aliphatic carbocycles. The summed E-state index contributed by atoms with van der Waals surface area (Å²) < 4.78 is 24.6. The minimum Gasteiger partial charge on any atom is -0.481 e. The van der Waals surface area contributed by atoms with E-state index in [9.17, 15) is 13.2 Å². The van der Waals surface area contributed by atoms with Gasteiger partial charge in [0.15, 0.2) is 9.84 Å². The van der Waals surface area contributed by atoms with Crippen LogP contribution in [0.5, 0.6) is 0 Å². The molecule has 1 aliphatic rings. The van der Waals surface area contributed by atoms with Gasteiger partial charge in [-0.3, -0.25) is 9.69 Å². The van der Waals surface area contributed by atoms with Crippen molar-refractivity contribution in [1.29, 1.82) is 0 Å². The van der Waals surface area contributed by atoms with Crippen molar-refractivity contribution in [2.75, 3.05) is 18.1 Å². The standard InChI is InChI=1S/C12H15Cl2NO4S2/c1-7(9-5-10(13)20-12(9)14)15-2-3-21(18,19)6-8(15)4-11(16)17/h5,7-8H,2-4,6H2,1H3,(H,16,17). The number of carboxylic acid groups (broad SMARTS) is 1. The molecule has 118 valence electrons. The number of nitrogens with zero attached hydrogens (tertiary/aromatic N) is 1. The second kappa shape index (κ2) is 6.42. The number of rotatable bonds is 4. The molecular weight excluding hydrogens is 357 g/mol. The van der Waals surface area contributed by atoms with Gasteiger partial charge in [-0.15, -0.1) is 11.3 Å². The van der Waals surface area contributed by atoms with Gasteiger partial charge in [0.25, 0.3) is 0 Å². The van der Waals surface area contributed by atoms with Gasteiger partial charge >= 0.3 is 5.97 Å². The molecule has 0 radical (unpaired) electrons. The number of sulfone groups is 1. The van der Waals surface area contributed by atoms with Crippen molar-refractivity contribution in [3.8, 4) is 0 Å². The van der Waals surface area contributed by atoms with E-state index in [1.165, 1.54) is 11.3 Å². The summed E-state index contributed by atoms with van der Waals surface area (Å²) in [6, 6.07) is 1.02. The van der Waals surface area contributed by atoms with Gasteiger partial charge in [-0.05, 0) is 13.0 Å². The molecule has 0 amide bonds. The summed E-state index contributed by atoms with van der Waals surface area (Å²) in [6.45, 7) is 2.18. The van der Waals surface area contributed by atoms with E-state index in [0.29, 0.717) is 15.2 Å². The van der Waals surface area contributed by atoms with Crippen LogP contribution in [0.3, 0.4) is 0 Å². The second-order valence-corrected chi connectivity index (χ2v) is 9.57. The monoisotopic (exact) mass is 371 g/mol. The highest BCUT2D eigenvalue weighted by Gasteiger charge is 2.36. The molecule has 2 atom stereocenters. The van der Waals surface area contributed by atoms with Crippen LogP contribution in [0, 0.1) is 0 Å². The van der Waals surface area contributed by atoms with Gasteiger partial charge in [-0.1, -0.05) is 23.2 Å². The third-order valence-corrected chi connectivity index (χ3v) is 6.83. The molecule has 5 nitrogen and oxygen atoms in total. The predicted octanol–water partition coefficient (Wildman–Crippen LogP) is 2.69. The second-order valence-electron chi connectivity index (χ2n) is 5.06. The van der Waals surface area contributed by atoms with Crippen LogP contribution in [0.2, 0.25) is 8.67 Å². The minimum absolute atomic E-state index is 0.0307. The van der Waals surface area contributed by atoms with Crippen molar-refractivity contribution in [2.45, 2.75) is 25.4 Å². The number of aliphatic carboxylic acids is 1. The predicted molar refractivity (Wildman–Crippen MR) is 84.2 cm³/mol. The fourth-order valence-electron chi connectivity index (χ4n) is 2.60. The Morgan fingerprint density at radius 1 is 1.57 bits per heavy atom. The number of hydrogen-bond donors (Lipinski definition) is 1. The molecule has 0 saturated carbocycles. The quantitative estimate of drug-likeness (QED) is 0.880. The highest BCUT2D eigenvalue weighted by atomic mass is 35.5. The molecule has 1 aromatic heterocycles. The van der Waals surface area contributed by atoms with Crippen LogP contribution in [-0.4, -0.2) is 48.5 Å². The summed E-state index contributed by atoms with van der Waals surface area (Å²) in [6.07, 6.45) is -0.209. The molecule has 1 saturated heterocycles. The summed E-state index contributed by atoms with van der Waals surface area (Å²) in [7, 11) is -3.19. The first-order valence-corrected chi connectivity index (χ1v) is 9.71. The first kappa shape index (κ1) is 17.0. The normalized spacial score (nSPS) is 23.9. The molecule has 1 aromatic rings. The molecule has 9 heteroatoms. The minimum atomic E-state index is -3.19. The fraction of sp³-hybridized carbons (Fsp3) is 0.583. The van der Waals surface area contributed by atoms with Crippen molar-refractivity contribution in [3.05, 3.63) is 20.3 Å². The Kier molecular flexibility index (Phi) is 5.20. The van der Waals surface area contributed by atoms with Gasteiger partial charge in [0, 0.05) is 24.2 Å². The first-order chi connectivity index (χ1) is 9.69. The highest BCUT2D eigenvalue weighted by molar-refractivity contribution is 7.91. The van der Waals surface area contributed by atoms with Crippen LogP contribution in [0.25, 0.3) is 0 Å². The Hall–Kier alpha value is -0.340. The maximum Gasteiger partial charge on any atom is 0.304 e. The average Bonchev–Trinajstić information content (AvgIpc) is 2.66. The molecule has 1 aliphatic heterocycles. The third kappa shape index (κ3) is 4.10. The van der Waals surface area contributed by atoms with Crippen molar-refractivity contribution in [2.24, 2.45) is 0 Å². The van der Waals surface area contributed by atoms with E-state index in [-0.39, 0.29) is 24.0 Å². The topological polar surface area (TPSA) is 74.7 Å². The molecule has 2 unspecified atom stereocenters. The van der Waals surface area contributed by atoms with Gasteiger partial charge in [0.1, 0.15) is 0 Å². The van der Waals surface area contributed by atoms with Crippen molar-refractivity contribution < 1.29 is 18.3 Å². The lowest BCUT2D eigenvalue weighted by Gasteiger charge is -2.38. The molecule has 1 N–H and O–H groups in total. The Balaban J connectivity index is 2.26. The molecule has 1 fully saturated rings. The lowest BCUT2D eigenvalue weighted by Crippen LogP contribution is -2.50. The molecule has 2 rings (SSSR count). The number of carbonyl (C=O) groups is 1. The Morgan fingerprint density at radius 2 is 2.24 bits per heavy atom. The molecule has 0 bridgehead atoms. The molecule has 0 aromatic carbocycles. The summed E-state index contributed by atoms with van der Waals surface area (Å²) in [5.41, 5.74) is 0.807. The maximum atomic E-state index is 11.8. The van der Waals surface area contributed by atoms with E-state index in [1.54, 1.807) is 6.07 Å². The van der Waals surface area contributed by atoms with Crippen molar-refractivity contribution in [1.82, 2.24) is 4.90 Å². The van der Waals surface area contributed by atoms with Crippen LogP contribution in [0.15, 0.2) is 6.07 Å². The smallest absolute Gasteiger partial charge is 0.304 e. The van der Waals surface area contributed by atoms with Crippen LogP contribution >= 0.6 is 34.5 Å². The van der Waals surface area contributed by atoms with Crippen LogP contribution in [-0.2, 0) is 14.6 Å². The maximum absolute atomic E-state index is 11.8. The van der Waals surface area contributed by atoms with Crippen LogP contribution < -0.4 is 0 Å². The summed E-state index contributed by atoms with van der Waals surface area (Å²) in [5, 5.41) is 9.00. The number of halogens is 2. The van der Waals surface area contributed by atoms with Crippen molar-refractivity contribution >= 4 is 50.3 Å². The fourth-order valence-corrected chi connectivity index (χ4v) is 5.79. The number of hydrogen-bond acceptors (Lipinski definition) is 5. The lowest BCUT2D eigenvalue weighted by atomic mass is 10.1. The first-order valence-electron chi connectivity index (χ1n) is 6.32. The number of carboxylic acids is 1. The van der Waals surface area contributed by atoms with Gasteiger partial charge in [0.05, 0.1) is 26.6 Å². The molecule has 21 heavy (non-hydrogen) atoms. The van der Waals surface area contributed by atoms with Gasteiger partial charge < -0.3 is 5.11 Å². The SMILES string of the molecule is CC(c1cc(Cl)sc1Cl)N1CCS(=O)(=O)CC1CC(=O)O. The van der Waals surface area contributed by atoms with Crippen LogP contribution in [0.1, 0.15) is 24.9 Å². The van der Waals surface area contributed by atoms with Gasteiger partial charge in [-0.2, -0.15) is 0 Å². The Bertz CT molecular complexity index is 644. The largest absolute Gasteiger partial charge is 0.481 e. The summed E-state index contributed by atoms with van der Waals surface area (Å²) in [5.74, 6) is -1.12. The lowest BCUT2D eigenvalue weighted by molar-refractivity contribution is -0.138. The third-order valence-electron chi connectivity index (χ3n) is 3.62. The van der Waals surface area contributed by atoms with E-state index >= 15 is 0 Å². The summed E-state index contributed by atoms with van der Waals surface area (Å²) >= 11 is 13.3. The zero-order valence-electron chi connectivity index (χ0n) is 11.3. The summed E-state index contributed by atoms with van der Waals surface area (Å²) in [4.78, 5) is 12.9. The van der Waals surface area contributed by atoms with Gasteiger partial charge in [-0.25, -0.2) is 8.42 Å². The van der Waals surface area contributed by atoms with Crippen molar-refractivity contribution in [3.63, 3.8) is 0 Å². The van der Waals surface area contributed by atoms with E-state index in [2.05, 4.69) is 0 Å². The van der Waals surface area contributed by atoms with E-state index < -0.39 is 21.8 Å². The van der Waals surface area contributed by atoms with E-state index in [1.807, 2.05) is 11.8 Å². The molecule has 2 heterocycles. The zero-order valence-corrected chi connectivity index (χ0v) is 14.4. The van der Waals surface area contributed by atoms with Crippen LogP contribution in [0.4, 0.5) is 0 Å². The highest BCUT2D eigenvalue weighted by Crippen LogP contribution is 2.38. The molecular formula is C12H15Cl2NO4S2. The number of thiophene rings is 1. The zero-order chi connectivity index (χ0) is 15.8. The van der Waals surface area contributed by atoms with Gasteiger partial charge in [0.2, 0.25) is 0 Å². The van der Waals surface area contributed by atoms with E-state index in [0.717, 1.165) is 5.56 Å². The van der Waals surface area contributed by atoms with E-state index in [4.69, 9.17) is 28.3 Å². The molecule has 0 spiro atoms. The Labute approximate surface area is 137 Å².